The van der Waals surface area contributed by atoms with E-state index in [1.54, 1.807) is 0 Å². The third-order valence-electron chi connectivity index (χ3n) is 4.29. The molecule has 1 aliphatic heterocycles. The van der Waals surface area contributed by atoms with Gasteiger partial charge in [-0.25, -0.2) is 4.79 Å². The number of anilines is 1. The summed E-state index contributed by atoms with van der Waals surface area (Å²) in [5, 5.41) is 7.56. The van der Waals surface area contributed by atoms with Gasteiger partial charge in [-0.3, -0.25) is 0 Å². The van der Waals surface area contributed by atoms with E-state index < -0.39 is 0 Å². The first kappa shape index (κ1) is 19.8. The van der Waals surface area contributed by atoms with Crippen molar-refractivity contribution in [2.75, 3.05) is 11.9 Å². The van der Waals surface area contributed by atoms with Crippen molar-refractivity contribution in [1.82, 2.24) is 5.32 Å². The summed E-state index contributed by atoms with van der Waals surface area (Å²) in [4.78, 5) is 13.7. The highest BCUT2D eigenvalue weighted by atomic mass is 32.1. The molecule has 2 aromatic rings. The highest BCUT2D eigenvalue weighted by Gasteiger charge is 2.34. The van der Waals surface area contributed by atoms with Crippen LogP contribution in [0.3, 0.4) is 0 Å². The summed E-state index contributed by atoms with van der Waals surface area (Å²) < 4.78 is 11.2. The second-order valence-corrected chi connectivity index (χ2v) is 8.46. The van der Waals surface area contributed by atoms with Gasteiger partial charge in [0.15, 0.2) is 5.11 Å². The Balaban J connectivity index is 1.79. The highest BCUT2D eigenvalue weighted by Crippen LogP contribution is 2.40. The van der Waals surface area contributed by atoms with Crippen LogP contribution in [0, 0.1) is 0 Å². The quantitative estimate of drug-likeness (QED) is 0.574. The van der Waals surface area contributed by atoms with E-state index in [1.807, 2.05) is 51.1 Å². The zero-order valence-electron chi connectivity index (χ0n) is 15.8. The number of rotatable bonds is 5. The van der Waals surface area contributed by atoms with Crippen molar-refractivity contribution >= 4 is 39.6 Å². The van der Waals surface area contributed by atoms with Crippen LogP contribution in [0.5, 0.6) is 0 Å². The Morgan fingerprint density at radius 1 is 1.33 bits per heavy atom. The van der Waals surface area contributed by atoms with Crippen molar-refractivity contribution < 1.29 is 14.3 Å². The van der Waals surface area contributed by atoms with Crippen molar-refractivity contribution in [2.24, 2.45) is 0 Å². The van der Waals surface area contributed by atoms with Crippen molar-refractivity contribution in [3.05, 3.63) is 51.9 Å². The van der Waals surface area contributed by atoms with Gasteiger partial charge in [0.2, 0.25) is 0 Å². The molecule has 2 heterocycles. The van der Waals surface area contributed by atoms with Gasteiger partial charge in [0, 0.05) is 17.8 Å². The lowest BCUT2D eigenvalue weighted by atomic mass is 9.93. The van der Waals surface area contributed by atoms with Gasteiger partial charge in [-0.2, -0.15) is 0 Å². The van der Waals surface area contributed by atoms with E-state index in [2.05, 4.69) is 10.6 Å². The van der Waals surface area contributed by atoms with Gasteiger partial charge in [0.05, 0.1) is 24.4 Å². The number of ether oxygens (including phenoxy) is 2. The summed E-state index contributed by atoms with van der Waals surface area (Å²) in [6.07, 6.45) is 0.666. The fourth-order valence-corrected chi connectivity index (χ4v) is 4.35. The molecule has 7 heteroatoms. The minimum absolute atomic E-state index is 0.307. The SMILES string of the molecule is CCOC(=O)c1c(NC(=S)NCc2ccccc2)sc2c1CC(C)(C)OC2. The Kier molecular flexibility index (Phi) is 6.14. The average molecular weight is 405 g/mol. The molecule has 0 saturated carbocycles. The first-order chi connectivity index (χ1) is 12.9. The van der Waals surface area contributed by atoms with Crippen LogP contribution in [0.1, 0.15) is 47.1 Å². The number of hydrogen-bond donors (Lipinski definition) is 2. The normalized spacial score (nSPS) is 14.9. The molecule has 1 aromatic heterocycles. The summed E-state index contributed by atoms with van der Waals surface area (Å²) in [6.45, 7) is 7.31. The molecule has 0 amide bonds. The van der Waals surface area contributed by atoms with Crippen LogP contribution >= 0.6 is 23.6 Å². The number of fused-ring (bicyclic) bond motifs is 1. The number of esters is 1. The fraction of sp³-hybridized carbons (Fsp3) is 0.400. The van der Waals surface area contributed by atoms with E-state index in [0.717, 1.165) is 16.0 Å². The van der Waals surface area contributed by atoms with Gasteiger partial charge in [-0.1, -0.05) is 30.3 Å². The van der Waals surface area contributed by atoms with Gasteiger partial charge in [-0.05, 0) is 44.1 Å². The third-order valence-corrected chi connectivity index (χ3v) is 5.66. The molecule has 0 radical (unpaired) electrons. The molecule has 3 rings (SSSR count). The van der Waals surface area contributed by atoms with Gasteiger partial charge in [-0.15, -0.1) is 11.3 Å². The standard InChI is InChI=1S/C20H24N2O3S2/c1-4-24-18(23)16-14-10-20(2,3)25-12-15(14)27-17(16)22-19(26)21-11-13-8-6-5-7-9-13/h5-9H,4,10-12H2,1-3H3,(H2,21,22,26). The molecule has 2 N–H and O–H groups in total. The maximum absolute atomic E-state index is 12.6. The molecule has 0 saturated heterocycles. The van der Waals surface area contributed by atoms with Crippen LogP contribution in [-0.2, 0) is 29.0 Å². The summed E-state index contributed by atoms with van der Waals surface area (Å²) in [6, 6.07) is 10.0. The van der Waals surface area contributed by atoms with Crippen LogP contribution in [0.25, 0.3) is 0 Å². The molecule has 0 aliphatic carbocycles. The van der Waals surface area contributed by atoms with E-state index in [-0.39, 0.29) is 11.6 Å². The molecule has 0 bridgehead atoms. The van der Waals surface area contributed by atoms with Crippen LogP contribution in [0.2, 0.25) is 0 Å². The Hall–Kier alpha value is -1.96. The summed E-state index contributed by atoms with van der Waals surface area (Å²) in [7, 11) is 0. The molecule has 5 nitrogen and oxygen atoms in total. The molecular formula is C20H24N2O3S2. The number of nitrogens with one attached hydrogen (secondary N) is 2. The number of thiophene rings is 1. The summed E-state index contributed by atoms with van der Waals surface area (Å²) in [5.41, 5.74) is 2.41. The molecule has 0 spiro atoms. The maximum Gasteiger partial charge on any atom is 0.341 e. The van der Waals surface area contributed by atoms with Crippen molar-refractivity contribution in [3.63, 3.8) is 0 Å². The van der Waals surface area contributed by atoms with E-state index in [4.69, 9.17) is 21.7 Å². The minimum atomic E-state index is -0.318. The topological polar surface area (TPSA) is 59.6 Å². The summed E-state index contributed by atoms with van der Waals surface area (Å²) >= 11 is 6.94. The van der Waals surface area contributed by atoms with E-state index in [1.165, 1.54) is 11.3 Å². The van der Waals surface area contributed by atoms with Crippen molar-refractivity contribution in [1.29, 1.82) is 0 Å². The Labute approximate surface area is 169 Å². The molecule has 0 fully saturated rings. The lowest BCUT2D eigenvalue weighted by Crippen LogP contribution is -2.32. The first-order valence-electron chi connectivity index (χ1n) is 8.94. The number of thiocarbonyl (C=S) groups is 1. The lowest BCUT2D eigenvalue weighted by molar-refractivity contribution is -0.0384. The predicted octanol–water partition coefficient (Wildman–Crippen LogP) is 4.26. The summed E-state index contributed by atoms with van der Waals surface area (Å²) in [5.74, 6) is -0.318. The highest BCUT2D eigenvalue weighted by molar-refractivity contribution is 7.80. The Morgan fingerprint density at radius 2 is 2.07 bits per heavy atom. The number of carbonyl (C=O) groups excluding carboxylic acids is 1. The van der Waals surface area contributed by atoms with Gasteiger partial charge < -0.3 is 20.1 Å². The van der Waals surface area contributed by atoms with E-state index in [0.29, 0.717) is 41.9 Å². The monoisotopic (exact) mass is 404 g/mol. The van der Waals surface area contributed by atoms with Gasteiger partial charge in [0.25, 0.3) is 0 Å². The zero-order valence-corrected chi connectivity index (χ0v) is 17.4. The average Bonchev–Trinajstić information content (AvgIpc) is 2.97. The Morgan fingerprint density at radius 3 is 2.78 bits per heavy atom. The fourth-order valence-electron chi connectivity index (χ4n) is 2.99. The number of benzene rings is 1. The van der Waals surface area contributed by atoms with Crippen LogP contribution in [-0.4, -0.2) is 23.3 Å². The van der Waals surface area contributed by atoms with E-state index in [9.17, 15) is 4.79 Å². The third kappa shape index (κ3) is 4.86. The molecule has 0 atom stereocenters. The second kappa shape index (κ2) is 8.37. The van der Waals surface area contributed by atoms with Crippen molar-refractivity contribution in [2.45, 2.75) is 45.9 Å². The molecule has 27 heavy (non-hydrogen) atoms. The predicted molar refractivity (Wildman–Crippen MR) is 112 cm³/mol. The van der Waals surface area contributed by atoms with Crippen LogP contribution in [0.15, 0.2) is 30.3 Å². The molecular weight excluding hydrogens is 380 g/mol. The van der Waals surface area contributed by atoms with Crippen molar-refractivity contribution in [3.8, 4) is 0 Å². The molecule has 1 aromatic carbocycles. The molecule has 144 valence electrons. The second-order valence-electron chi connectivity index (χ2n) is 6.95. The molecule has 0 unspecified atom stereocenters. The van der Waals surface area contributed by atoms with Gasteiger partial charge >= 0.3 is 5.97 Å². The maximum atomic E-state index is 12.6. The van der Waals surface area contributed by atoms with Crippen LogP contribution < -0.4 is 10.6 Å². The first-order valence-corrected chi connectivity index (χ1v) is 10.2. The van der Waals surface area contributed by atoms with Crippen LogP contribution in [0.4, 0.5) is 5.00 Å². The van der Waals surface area contributed by atoms with E-state index >= 15 is 0 Å². The zero-order chi connectivity index (χ0) is 19.4. The number of carbonyl (C=O) groups is 1. The van der Waals surface area contributed by atoms with Gasteiger partial charge in [0.1, 0.15) is 5.00 Å². The minimum Gasteiger partial charge on any atom is -0.462 e. The number of hydrogen-bond acceptors (Lipinski definition) is 5. The smallest absolute Gasteiger partial charge is 0.341 e. The Bertz CT molecular complexity index is 831. The largest absolute Gasteiger partial charge is 0.462 e. The molecule has 1 aliphatic rings. The lowest BCUT2D eigenvalue weighted by Gasteiger charge is -2.30.